The van der Waals surface area contributed by atoms with Crippen LogP contribution in [0.5, 0.6) is 0 Å². The third-order valence-electron chi connectivity index (χ3n) is 3.63. The van der Waals surface area contributed by atoms with E-state index < -0.39 is 0 Å². The van der Waals surface area contributed by atoms with Gasteiger partial charge in [-0.1, -0.05) is 27.7 Å². The number of fused-ring (bicyclic) bond motifs is 1. The maximum Gasteiger partial charge on any atom is 0.122 e. The molecule has 0 spiro atoms. The number of nitrogens with zero attached hydrogens (tertiary/aromatic N) is 1. The Bertz CT molecular complexity index is 439. The van der Waals surface area contributed by atoms with Crippen molar-refractivity contribution in [2.45, 2.75) is 59.7 Å². The van der Waals surface area contributed by atoms with Gasteiger partial charge in [-0.05, 0) is 31.1 Å². The number of aliphatic hydroxyl groups is 1. The van der Waals surface area contributed by atoms with E-state index in [1.807, 2.05) is 6.92 Å². The van der Waals surface area contributed by atoms with Gasteiger partial charge < -0.3 is 9.84 Å². The Balaban J connectivity index is 2.31. The van der Waals surface area contributed by atoms with E-state index in [-0.39, 0.29) is 17.6 Å². The zero-order valence-corrected chi connectivity index (χ0v) is 13.4. The van der Waals surface area contributed by atoms with Crippen molar-refractivity contribution in [3.05, 3.63) is 15.6 Å². The first-order chi connectivity index (χ1) is 8.84. The van der Waals surface area contributed by atoms with Crippen molar-refractivity contribution in [1.82, 2.24) is 4.98 Å². The van der Waals surface area contributed by atoms with Gasteiger partial charge in [0.15, 0.2) is 0 Å². The largest absolute Gasteiger partial charge is 0.387 e. The molecule has 0 amide bonds. The lowest BCUT2D eigenvalue weighted by molar-refractivity contribution is 0.0291. The van der Waals surface area contributed by atoms with Gasteiger partial charge in [0.2, 0.25) is 0 Å². The maximum atomic E-state index is 10.3. The molecule has 0 fully saturated rings. The predicted octanol–water partition coefficient (Wildman–Crippen LogP) is 3.88. The van der Waals surface area contributed by atoms with Gasteiger partial charge in [0, 0.05) is 6.61 Å². The number of rotatable bonds is 4. The summed E-state index contributed by atoms with van der Waals surface area (Å²) in [5.41, 5.74) is 1.21. The third kappa shape index (κ3) is 3.18. The van der Waals surface area contributed by atoms with Crippen molar-refractivity contribution in [1.29, 1.82) is 0 Å². The first-order valence-corrected chi connectivity index (χ1v) is 7.95. The lowest BCUT2D eigenvalue weighted by Crippen LogP contribution is -2.24. The molecule has 1 aromatic rings. The Morgan fingerprint density at radius 3 is 2.74 bits per heavy atom. The van der Waals surface area contributed by atoms with E-state index in [9.17, 15) is 5.11 Å². The highest BCUT2D eigenvalue weighted by molar-refractivity contribution is 7.11. The molecule has 0 radical (unpaired) electrons. The standard InChI is InChI=1S/C15H25NO2S/c1-6-18-12(9(2)3)14-16-10-7-15(4,5)8-11(17)13(10)19-14/h9,11-12,17H,6-8H2,1-5H3. The van der Waals surface area contributed by atoms with E-state index in [0.717, 1.165) is 28.4 Å². The number of aromatic nitrogens is 1. The van der Waals surface area contributed by atoms with E-state index >= 15 is 0 Å². The van der Waals surface area contributed by atoms with Crippen LogP contribution in [0.1, 0.15) is 68.8 Å². The summed E-state index contributed by atoms with van der Waals surface area (Å²) in [7, 11) is 0. The van der Waals surface area contributed by atoms with E-state index in [4.69, 9.17) is 9.72 Å². The van der Waals surface area contributed by atoms with Gasteiger partial charge in [-0.2, -0.15) is 0 Å². The fourth-order valence-electron chi connectivity index (χ4n) is 2.76. The number of ether oxygens (including phenoxy) is 1. The van der Waals surface area contributed by atoms with Crippen molar-refractivity contribution in [3.63, 3.8) is 0 Å². The molecule has 19 heavy (non-hydrogen) atoms. The molecule has 108 valence electrons. The highest BCUT2D eigenvalue weighted by Gasteiger charge is 2.35. The van der Waals surface area contributed by atoms with Gasteiger partial charge in [-0.3, -0.25) is 0 Å². The van der Waals surface area contributed by atoms with Crippen molar-refractivity contribution in [3.8, 4) is 0 Å². The van der Waals surface area contributed by atoms with Gasteiger partial charge in [0.1, 0.15) is 11.1 Å². The van der Waals surface area contributed by atoms with Gasteiger partial charge in [0.25, 0.3) is 0 Å². The molecule has 4 heteroatoms. The first kappa shape index (κ1) is 14.9. The van der Waals surface area contributed by atoms with Crippen LogP contribution in [0.4, 0.5) is 0 Å². The minimum Gasteiger partial charge on any atom is -0.387 e. The third-order valence-corrected chi connectivity index (χ3v) is 4.89. The summed E-state index contributed by atoms with van der Waals surface area (Å²) in [4.78, 5) is 5.83. The summed E-state index contributed by atoms with van der Waals surface area (Å²) in [6.07, 6.45) is 1.46. The van der Waals surface area contributed by atoms with Crippen molar-refractivity contribution >= 4 is 11.3 Å². The molecule has 0 saturated heterocycles. The second-order valence-corrected chi connectivity index (χ2v) is 7.61. The number of aliphatic hydroxyl groups excluding tert-OH is 1. The second-order valence-electron chi connectivity index (χ2n) is 6.54. The highest BCUT2D eigenvalue weighted by atomic mass is 32.1. The highest BCUT2D eigenvalue weighted by Crippen LogP contribution is 2.44. The van der Waals surface area contributed by atoms with Crippen LogP contribution in [0.2, 0.25) is 0 Å². The quantitative estimate of drug-likeness (QED) is 0.911. The van der Waals surface area contributed by atoms with Crippen LogP contribution in [-0.2, 0) is 11.2 Å². The maximum absolute atomic E-state index is 10.3. The van der Waals surface area contributed by atoms with Crippen LogP contribution in [0.15, 0.2) is 0 Å². The fraction of sp³-hybridized carbons (Fsp3) is 0.800. The first-order valence-electron chi connectivity index (χ1n) is 7.13. The molecule has 2 unspecified atom stereocenters. The molecule has 0 aliphatic heterocycles. The topological polar surface area (TPSA) is 42.4 Å². The van der Waals surface area contributed by atoms with E-state index in [1.54, 1.807) is 11.3 Å². The minimum atomic E-state index is -0.362. The van der Waals surface area contributed by atoms with Crippen LogP contribution < -0.4 is 0 Å². The van der Waals surface area contributed by atoms with Crippen molar-refractivity contribution in [2.24, 2.45) is 11.3 Å². The summed E-state index contributed by atoms with van der Waals surface area (Å²) >= 11 is 1.63. The Morgan fingerprint density at radius 1 is 1.47 bits per heavy atom. The van der Waals surface area contributed by atoms with Gasteiger partial charge in [-0.25, -0.2) is 4.98 Å². The summed E-state index contributed by atoms with van der Waals surface area (Å²) in [5.74, 6) is 0.401. The molecule has 1 aliphatic carbocycles. The minimum absolute atomic E-state index is 0.0518. The molecule has 0 bridgehead atoms. The molecular formula is C15H25NO2S. The van der Waals surface area contributed by atoms with Gasteiger partial charge >= 0.3 is 0 Å². The molecule has 1 heterocycles. The lowest BCUT2D eigenvalue weighted by atomic mass is 9.77. The molecule has 1 N–H and O–H groups in total. The molecule has 1 aromatic heterocycles. The Labute approximate surface area is 120 Å². The fourth-order valence-corrected chi connectivity index (χ4v) is 4.05. The zero-order chi connectivity index (χ0) is 14.2. The van der Waals surface area contributed by atoms with Crippen molar-refractivity contribution in [2.75, 3.05) is 6.61 Å². The average molecular weight is 283 g/mol. The normalized spacial score (nSPS) is 23.4. The number of hydrogen-bond acceptors (Lipinski definition) is 4. The van der Waals surface area contributed by atoms with Crippen LogP contribution in [-0.4, -0.2) is 16.7 Å². The predicted molar refractivity (Wildman–Crippen MR) is 78.4 cm³/mol. The lowest BCUT2D eigenvalue weighted by Gasteiger charge is -2.31. The smallest absolute Gasteiger partial charge is 0.122 e. The number of thiazole rings is 1. The molecule has 2 atom stereocenters. The van der Waals surface area contributed by atoms with Crippen LogP contribution in [0.3, 0.4) is 0 Å². The molecule has 3 nitrogen and oxygen atoms in total. The van der Waals surface area contributed by atoms with E-state index in [1.165, 1.54) is 0 Å². The molecule has 0 aromatic carbocycles. The SMILES string of the molecule is CCOC(c1nc2c(s1)C(O)CC(C)(C)C2)C(C)C. The van der Waals surface area contributed by atoms with Gasteiger partial charge in [-0.15, -0.1) is 11.3 Å². The van der Waals surface area contributed by atoms with Gasteiger partial charge in [0.05, 0.1) is 16.7 Å². The van der Waals surface area contributed by atoms with Crippen molar-refractivity contribution < 1.29 is 9.84 Å². The van der Waals surface area contributed by atoms with E-state index in [0.29, 0.717) is 12.5 Å². The van der Waals surface area contributed by atoms with Crippen LogP contribution >= 0.6 is 11.3 Å². The summed E-state index contributed by atoms with van der Waals surface area (Å²) in [6.45, 7) is 11.4. The molecule has 1 aliphatic rings. The van der Waals surface area contributed by atoms with E-state index in [2.05, 4.69) is 27.7 Å². The summed E-state index contributed by atoms with van der Waals surface area (Å²) in [5, 5.41) is 11.3. The Hall–Kier alpha value is -0.450. The molecule has 0 saturated carbocycles. The van der Waals surface area contributed by atoms with Crippen LogP contribution in [0, 0.1) is 11.3 Å². The average Bonchev–Trinajstić information content (AvgIpc) is 2.67. The Morgan fingerprint density at radius 2 is 2.16 bits per heavy atom. The number of hydrogen-bond donors (Lipinski definition) is 1. The Kier molecular flexibility index (Phi) is 4.33. The molecular weight excluding hydrogens is 258 g/mol. The zero-order valence-electron chi connectivity index (χ0n) is 12.6. The van der Waals surface area contributed by atoms with Crippen LogP contribution in [0.25, 0.3) is 0 Å². The summed E-state index contributed by atoms with van der Waals surface area (Å²) in [6, 6.07) is 0. The molecule has 2 rings (SSSR count). The summed E-state index contributed by atoms with van der Waals surface area (Å²) < 4.78 is 5.82. The monoisotopic (exact) mass is 283 g/mol. The second kappa shape index (κ2) is 5.51.